The Labute approximate surface area is 204 Å². The van der Waals surface area contributed by atoms with Gasteiger partial charge in [-0.15, -0.1) is 4.68 Å². The number of carbonyl (C=O) groups is 1. The average molecular weight is 472 g/mol. The van der Waals surface area contributed by atoms with Crippen LogP contribution in [-0.4, -0.2) is 50.4 Å². The highest BCUT2D eigenvalue weighted by atomic mass is 16.5. The van der Waals surface area contributed by atoms with Crippen molar-refractivity contribution in [3.8, 4) is 22.5 Å². The number of carbonyl (C=O) groups excluding carboxylic acids is 1. The Kier molecular flexibility index (Phi) is 5.40. The maximum absolute atomic E-state index is 12.3. The van der Waals surface area contributed by atoms with E-state index in [-0.39, 0.29) is 5.91 Å². The van der Waals surface area contributed by atoms with E-state index in [1.807, 2.05) is 30.5 Å². The Hall–Kier alpha value is -3.52. The summed E-state index contributed by atoms with van der Waals surface area (Å²) in [5.41, 5.74) is 7.93. The van der Waals surface area contributed by atoms with E-state index < -0.39 is 0 Å². The van der Waals surface area contributed by atoms with Crippen LogP contribution in [0.25, 0.3) is 33.3 Å². The number of H-pyrrole nitrogens is 1. The zero-order chi connectivity index (χ0) is 24.1. The molecule has 180 valence electrons. The van der Waals surface area contributed by atoms with Crippen LogP contribution in [0.1, 0.15) is 42.6 Å². The van der Waals surface area contributed by atoms with Gasteiger partial charge in [0, 0.05) is 62.3 Å². The smallest absolute Gasteiger partial charge is 0.219 e. The van der Waals surface area contributed by atoms with Gasteiger partial charge < -0.3 is 9.64 Å². The molecule has 1 aromatic carbocycles. The largest absolute Gasteiger partial charge is 0.381 e. The highest BCUT2D eigenvalue weighted by Crippen LogP contribution is 2.37. The van der Waals surface area contributed by atoms with Gasteiger partial charge in [0.05, 0.1) is 43.6 Å². The molecule has 8 nitrogen and oxygen atoms in total. The number of amides is 1. The first-order chi connectivity index (χ1) is 17.0. The molecule has 2 aliphatic heterocycles. The van der Waals surface area contributed by atoms with Gasteiger partial charge in [0.25, 0.3) is 0 Å². The first kappa shape index (κ1) is 22.0. The van der Waals surface area contributed by atoms with Crippen molar-refractivity contribution in [2.75, 3.05) is 19.8 Å². The molecule has 6 rings (SSSR count). The van der Waals surface area contributed by atoms with E-state index in [0.717, 1.165) is 66.7 Å². The zero-order valence-corrected chi connectivity index (χ0v) is 20.5. The van der Waals surface area contributed by atoms with Crippen molar-refractivity contribution < 1.29 is 14.2 Å². The van der Waals surface area contributed by atoms with Gasteiger partial charge in [-0.05, 0) is 23.9 Å². The summed E-state index contributed by atoms with van der Waals surface area (Å²) < 4.78 is 9.81. The Morgan fingerprint density at radius 1 is 1.23 bits per heavy atom. The monoisotopic (exact) mass is 471 g/mol. The summed E-state index contributed by atoms with van der Waals surface area (Å²) in [4.78, 5) is 19.1. The maximum atomic E-state index is 12.3. The van der Waals surface area contributed by atoms with E-state index in [2.05, 4.69) is 40.0 Å². The standard InChI is InChI=1S/C27H30N6O2/c1-17-4-5-19-12-24(20-13-29-31(3)15-20)28-14-22(19)26(17)27-23-16-32(18(2)34)9-6-25(23)33(30-27)21-7-10-35-11-8-21/h4-5,12-15,21H,6-11,16H2,1-3H3/p+1. The molecule has 0 saturated carbocycles. The Balaban J connectivity index is 1.52. The molecule has 1 fully saturated rings. The van der Waals surface area contributed by atoms with Crippen LogP contribution in [-0.2, 0) is 29.5 Å². The predicted molar refractivity (Wildman–Crippen MR) is 133 cm³/mol. The number of hydrogen-bond donors (Lipinski definition) is 1. The van der Waals surface area contributed by atoms with Crippen molar-refractivity contribution in [2.24, 2.45) is 7.05 Å². The normalized spacial score (nSPS) is 16.6. The van der Waals surface area contributed by atoms with Crippen molar-refractivity contribution in [1.82, 2.24) is 24.8 Å². The number of fused-ring (bicyclic) bond motifs is 2. The number of benzene rings is 1. The Bertz CT molecular complexity index is 1430. The number of nitrogens with one attached hydrogen (secondary N) is 1. The third-order valence-corrected chi connectivity index (χ3v) is 7.51. The topological polar surface area (TPSA) is 79.9 Å². The van der Waals surface area contributed by atoms with Gasteiger partial charge in [-0.3, -0.25) is 14.5 Å². The number of nitrogens with zero attached hydrogens (tertiary/aromatic N) is 5. The minimum atomic E-state index is 0.123. The van der Waals surface area contributed by atoms with E-state index >= 15 is 0 Å². The molecular weight excluding hydrogens is 440 g/mol. The van der Waals surface area contributed by atoms with Crippen LogP contribution >= 0.6 is 0 Å². The fourth-order valence-electron chi connectivity index (χ4n) is 5.60. The second-order valence-corrected chi connectivity index (χ2v) is 9.77. The lowest BCUT2D eigenvalue weighted by molar-refractivity contribution is -0.782. The van der Waals surface area contributed by atoms with E-state index in [4.69, 9.17) is 9.72 Å². The van der Waals surface area contributed by atoms with Crippen molar-refractivity contribution in [3.63, 3.8) is 0 Å². The third kappa shape index (κ3) is 3.82. The molecule has 0 spiro atoms. The van der Waals surface area contributed by atoms with Gasteiger partial charge in [-0.1, -0.05) is 12.1 Å². The van der Waals surface area contributed by atoms with Crippen LogP contribution in [0, 0.1) is 6.92 Å². The average Bonchev–Trinajstić information content (AvgIpc) is 3.48. The van der Waals surface area contributed by atoms with E-state index in [9.17, 15) is 4.79 Å². The number of ether oxygens (including phenoxy) is 1. The highest BCUT2D eigenvalue weighted by Gasteiger charge is 2.37. The summed E-state index contributed by atoms with van der Waals surface area (Å²) in [6, 6.07) is 6.88. The quantitative estimate of drug-likeness (QED) is 0.464. The summed E-state index contributed by atoms with van der Waals surface area (Å²) in [6.45, 7) is 6.78. The number of aromatic amines is 1. The van der Waals surface area contributed by atoms with Crippen LogP contribution in [0.2, 0.25) is 0 Å². The van der Waals surface area contributed by atoms with Crippen LogP contribution in [0.15, 0.2) is 36.8 Å². The molecule has 0 aliphatic carbocycles. The third-order valence-electron chi connectivity index (χ3n) is 7.51. The highest BCUT2D eigenvalue weighted by molar-refractivity contribution is 5.99. The first-order valence-corrected chi connectivity index (χ1v) is 12.4. The van der Waals surface area contributed by atoms with Crippen LogP contribution in [0.5, 0.6) is 0 Å². The van der Waals surface area contributed by atoms with E-state index in [1.54, 1.807) is 11.6 Å². The lowest BCUT2D eigenvalue weighted by atomic mass is 9.93. The van der Waals surface area contributed by atoms with Crippen molar-refractivity contribution >= 4 is 16.7 Å². The molecule has 8 heteroatoms. The van der Waals surface area contributed by atoms with Crippen molar-refractivity contribution in [3.05, 3.63) is 53.6 Å². The summed E-state index contributed by atoms with van der Waals surface area (Å²) >= 11 is 0. The summed E-state index contributed by atoms with van der Waals surface area (Å²) in [7, 11) is 1.92. The minimum Gasteiger partial charge on any atom is -0.381 e. The Morgan fingerprint density at radius 3 is 2.80 bits per heavy atom. The van der Waals surface area contributed by atoms with Crippen molar-refractivity contribution in [2.45, 2.75) is 45.7 Å². The molecule has 35 heavy (non-hydrogen) atoms. The molecular formula is C27H31N6O2+. The second-order valence-electron chi connectivity index (χ2n) is 9.77. The maximum Gasteiger partial charge on any atom is 0.219 e. The molecule has 0 atom stereocenters. The molecule has 2 aliphatic rings. The van der Waals surface area contributed by atoms with Crippen LogP contribution < -0.4 is 4.68 Å². The Morgan fingerprint density at radius 2 is 2.06 bits per heavy atom. The molecule has 5 heterocycles. The predicted octanol–water partition coefficient (Wildman–Crippen LogP) is 3.48. The van der Waals surface area contributed by atoms with Gasteiger partial charge in [-0.25, -0.2) is 0 Å². The summed E-state index contributed by atoms with van der Waals surface area (Å²) in [5, 5.41) is 10.3. The van der Waals surface area contributed by atoms with Gasteiger partial charge >= 0.3 is 0 Å². The lowest BCUT2D eigenvalue weighted by Gasteiger charge is -2.25. The van der Waals surface area contributed by atoms with E-state index in [1.165, 1.54) is 22.4 Å². The van der Waals surface area contributed by atoms with Crippen molar-refractivity contribution in [1.29, 1.82) is 0 Å². The summed E-state index contributed by atoms with van der Waals surface area (Å²) in [6.07, 6.45) is 8.67. The molecule has 1 saturated heterocycles. The van der Waals surface area contributed by atoms with Gasteiger partial charge in [0.1, 0.15) is 5.69 Å². The van der Waals surface area contributed by atoms with Gasteiger partial charge in [-0.2, -0.15) is 10.2 Å². The molecule has 1 N–H and O–H groups in total. The molecule has 1 amide bonds. The second kappa shape index (κ2) is 8.61. The molecule has 0 bridgehead atoms. The molecule has 0 unspecified atom stereocenters. The van der Waals surface area contributed by atoms with Gasteiger partial charge in [0.2, 0.25) is 11.6 Å². The van der Waals surface area contributed by atoms with E-state index in [0.29, 0.717) is 12.6 Å². The van der Waals surface area contributed by atoms with Crippen LogP contribution in [0.4, 0.5) is 0 Å². The number of rotatable bonds is 3. The number of pyridine rings is 1. The zero-order valence-electron chi connectivity index (χ0n) is 20.5. The lowest BCUT2D eigenvalue weighted by Crippen LogP contribution is -2.49. The fourth-order valence-corrected chi connectivity index (χ4v) is 5.60. The fraction of sp³-hybridized carbons (Fsp3) is 0.407. The molecule has 0 radical (unpaired) electrons. The minimum absolute atomic E-state index is 0.123. The van der Waals surface area contributed by atoms with Crippen LogP contribution in [0.3, 0.4) is 0 Å². The SMILES string of the molecule is CC(=O)N1CCc2c(c(-c3c(C)ccc4cc(-c5cnn(C)c5)ncc34)[nH][n+]2C2CCOCC2)C1. The van der Waals surface area contributed by atoms with Gasteiger partial charge in [0.15, 0.2) is 6.04 Å². The number of aryl methyl sites for hydroxylation is 2. The number of aromatic nitrogens is 5. The summed E-state index contributed by atoms with van der Waals surface area (Å²) in [5.74, 6) is 0.123. The number of hydrogen-bond acceptors (Lipinski definition) is 4. The molecule has 3 aromatic heterocycles. The first-order valence-electron chi connectivity index (χ1n) is 12.4. The molecule has 4 aromatic rings.